The first-order valence-corrected chi connectivity index (χ1v) is 11.2. The van der Waals surface area contributed by atoms with Crippen molar-refractivity contribution in [2.45, 2.75) is 13.5 Å². The van der Waals surface area contributed by atoms with E-state index in [0.717, 1.165) is 54.4 Å². The minimum atomic E-state index is 0.638. The maximum absolute atomic E-state index is 6.42. The van der Waals surface area contributed by atoms with Crippen molar-refractivity contribution in [3.8, 4) is 0 Å². The number of pyridine rings is 1. The molecular weight excluding hydrogens is 429 g/mol. The Morgan fingerprint density at radius 1 is 0.903 bits per heavy atom. The number of nitrogens with zero attached hydrogens (tertiary/aromatic N) is 5. The second-order valence-electron chi connectivity index (χ2n) is 7.82. The van der Waals surface area contributed by atoms with Crippen LogP contribution in [0, 0.1) is 6.92 Å². The molecule has 0 N–H and O–H groups in total. The first-order chi connectivity index (χ1) is 15.1. The molecule has 2 aromatic carbocycles. The third kappa shape index (κ3) is 4.08. The molecule has 3 heterocycles. The number of fused-ring (bicyclic) bond motifs is 1. The summed E-state index contributed by atoms with van der Waals surface area (Å²) in [7, 11) is 0. The standard InChI is InChI=1S/C24H23Cl2N5/c1-17-28-22-8-6-20(29-10-12-30(13-11-29)24-4-2-3-9-27-24)15-23(22)31(17)16-18-14-19(25)5-7-21(18)26/h2-9,14-15H,10-13,16H2,1H3. The van der Waals surface area contributed by atoms with Crippen molar-refractivity contribution in [1.29, 1.82) is 0 Å². The Morgan fingerprint density at radius 3 is 2.48 bits per heavy atom. The lowest BCUT2D eigenvalue weighted by Gasteiger charge is -2.36. The van der Waals surface area contributed by atoms with Crippen molar-refractivity contribution >= 4 is 45.7 Å². The van der Waals surface area contributed by atoms with Crippen LogP contribution >= 0.6 is 23.2 Å². The Balaban J connectivity index is 1.40. The highest BCUT2D eigenvalue weighted by atomic mass is 35.5. The van der Waals surface area contributed by atoms with Crippen molar-refractivity contribution in [1.82, 2.24) is 14.5 Å². The number of hydrogen-bond acceptors (Lipinski definition) is 4. The number of aromatic nitrogens is 3. The van der Waals surface area contributed by atoms with Crippen LogP contribution in [0.25, 0.3) is 11.0 Å². The summed E-state index contributed by atoms with van der Waals surface area (Å²) in [6.45, 7) is 6.48. The van der Waals surface area contributed by atoms with Gasteiger partial charge in [0.05, 0.1) is 17.6 Å². The van der Waals surface area contributed by atoms with Crippen molar-refractivity contribution in [2.24, 2.45) is 0 Å². The number of imidazole rings is 1. The van der Waals surface area contributed by atoms with Gasteiger partial charge in [-0.2, -0.15) is 0 Å². The first-order valence-electron chi connectivity index (χ1n) is 10.4. The highest BCUT2D eigenvalue weighted by Gasteiger charge is 2.19. The molecular formula is C24H23Cl2N5. The van der Waals surface area contributed by atoms with Crippen molar-refractivity contribution in [3.63, 3.8) is 0 Å². The molecule has 158 valence electrons. The van der Waals surface area contributed by atoms with Crippen LogP contribution in [0.1, 0.15) is 11.4 Å². The molecule has 1 saturated heterocycles. The average Bonchev–Trinajstić information content (AvgIpc) is 3.11. The monoisotopic (exact) mass is 451 g/mol. The number of benzene rings is 2. The zero-order valence-electron chi connectivity index (χ0n) is 17.3. The number of hydrogen-bond donors (Lipinski definition) is 0. The van der Waals surface area contributed by atoms with Crippen LogP contribution < -0.4 is 9.80 Å². The second kappa shape index (κ2) is 8.40. The highest BCUT2D eigenvalue weighted by Crippen LogP contribution is 2.28. The minimum absolute atomic E-state index is 0.638. The molecule has 0 radical (unpaired) electrons. The van der Waals surface area contributed by atoms with Gasteiger partial charge in [0, 0.05) is 48.1 Å². The molecule has 7 heteroatoms. The van der Waals surface area contributed by atoms with Gasteiger partial charge in [0.15, 0.2) is 0 Å². The third-order valence-corrected chi connectivity index (χ3v) is 6.48. The lowest BCUT2D eigenvalue weighted by Crippen LogP contribution is -2.46. The highest BCUT2D eigenvalue weighted by molar-refractivity contribution is 6.33. The molecule has 2 aromatic heterocycles. The summed E-state index contributed by atoms with van der Waals surface area (Å²) in [4.78, 5) is 14.0. The van der Waals surface area contributed by atoms with Crippen molar-refractivity contribution in [3.05, 3.63) is 82.2 Å². The number of aryl methyl sites for hydroxylation is 1. The van der Waals surface area contributed by atoms with Gasteiger partial charge in [0.1, 0.15) is 11.6 Å². The molecule has 1 aliphatic heterocycles. The predicted octanol–water partition coefficient (Wildman–Crippen LogP) is 5.42. The molecule has 0 saturated carbocycles. The Labute approximate surface area is 191 Å². The maximum Gasteiger partial charge on any atom is 0.128 e. The van der Waals surface area contributed by atoms with Crippen LogP contribution in [0.2, 0.25) is 10.0 Å². The largest absolute Gasteiger partial charge is 0.368 e. The number of piperazine rings is 1. The Bertz CT molecular complexity index is 1210. The van der Waals surface area contributed by atoms with Crippen LogP contribution in [-0.2, 0) is 6.54 Å². The van der Waals surface area contributed by atoms with E-state index in [-0.39, 0.29) is 0 Å². The maximum atomic E-state index is 6.42. The zero-order chi connectivity index (χ0) is 21.4. The van der Waals surface area contributed by atoms with E-state index in [0.29, 0.717) is 16.6 Å². The molecule has 0 unspecified atom stereocenters. The van der Waals surface area contributed by atoms with Gasteiger partial charge in [-0.1, -0.05) is 29.3 Å². The molecule has 5 rings (SSSR count). The lowest BCUT2D eigenvalue weighted by molar-refractivity contribution is 0.647. The molecule has 31 heavy (non-hydrogen) atoms. The smallest absolute Gasteiger partial charge is 0.128 e. The van der Waals surface area contributed by atoms with Gasteiger partial charge in [-0.3, -0.25) is 0 Å². The molecule has 5 nitrogen and oxygen atoms in total. The van der Waals surface area contributed by atoms with Crippen molar-refractivity contribution < 1.29 is 0 Å². The van der Waals surface area contributed by atoms with Crippen LogP contribution in [0.15, 0.2) is 60.8 Å². The van der Waals surface area contributed by atoms with Gasteiger partial charge < -0.3 is 14.4 Å². The minimum Gasteiger partial charge on any atom is -0.368 e. The van der Waals surface area contributed by atoms with E-state index in [1.807, 2.05) is 43.5 Å². The van der Waals surface area contributed by atoms with E-state index in [2.05, 4.69) is 43.6 Å². The Morgan fingerprint density at radius 2 is 1.71 bits per heavy atom. The van der Waals surface area contributed by atoms with Crippen molar-refractivity contribution in [2.75, 3.05) is 36.0 Å². The van der Waals surface area contributed by atoms with Gasteiger partial charge in [-0.15, -0.1) is 0 Å². The fourth-order valence-corrected chi connectivity index (χ4v) is 4.57. The molecule has 1 aliphatic rings. The molecule has 4 aromatic rings. The number of rotatable bonds is 4. The van der Waals surface area contributed by atoms with E-state index >= 15 is 0 Å². The van der Waals surface area contributed by atoms with E-state index in [9.17, 15) is 0 Å². The molecule has 0 spiro atoms. The molecule has 0 atom stereocenters. The zero-order valence-corrected chi connectivity index (χ0v) is 18.8. The molecule has 0 aliphatic carbocycles. The number of halogens is 2. The van der Waals surface area contributed by atoms with E-state index in [4.69, 9.17) is 28.2 Å². The Hall–Kier alpha value is -2.76. The second-order valence-corrected chi connectivity index (χ2v) is 8.66. The molecule has 1 fully saturated rings. The Kier molecular flexibility index (Phi) is 5.47. The fraction of sp³-hybridized carbons (Fsp3) is 0.250. The normalized spacial score (nSPS) is 14.4. The van der Waals surface area contributed by atoms with Crippen LogP contribution in [0.4, 0.5) is 11.5 Å². The predicted molar refractivity (Wildman–Crippen MR) is 129 cm³/mol. The first kappa shape index (κ1) is 20.2. The topological polar surface area (TPSA) is 37.2 Å². The molecule has 0 bridgehead atoms. The average molecular weight is 452 g/mol. The van der Waals surface area contributed by atoms with E-state index < -0.39 is 0 Å². The van der Waals surface area contributed by atoms with Crippen LogP contribution in [0.3, 0.4) is 0 Å². The lowest BCUT2D eigenvalue weighted by atomic mass is 10.2. The quantitative estimate of drug-likeness (QED) is 0.414. The van der Waals surface area contributed by atoms with Crippen LogP contribution in [-0.4, -0.2) is 40.7 Å². The third-order valence-electron chi connectivity index (χ3n) is 5.88. The fourth-order valence-electron chi connectivity index (χ4n) is 4.20. The SMILES string of the molecule is Cc1nc2ccc(N3CCN(c4ccccn4)CC3)cc2n1Cc1cc(Cl)ccc1Cl. The summed E-state index contributed by atoms with van der Waals surface area (Å²) in [5, 5.41) is 1.40. The summed E-state index contributed by atoms with van der Waals surface area (Å²) in [5.74, 6) is 2.01. The summed E-state index contributed by atoms with van der Waals surface area (Å²) in [6, 6.07) is 18.2. The van der Waals surface area contributed by atoms with Gasteiger partial charge in [-0.25, -0.2) is 9.97 Å². The number of anilines is 2. The summed E-state index contributed by atoms with van der Waals surface area (Å²) in [6.07, 6.45) is 1.85. The van der Waals surface area contributed by atoms with Gasteiger partial charge in [-0.05, 0) is 61.0 Å². The van der Waals surface area contributed by atoms with E-state index in [1.54, 1.807) is 0 Å². The summed E-state index contributed by atoms with van der Waals surface area (Å²) < 4.78 is 2.21. The van der Waals surface area contributed by atoms with Crippen LogP contribution in [0.5, 0.6) is 0 Å². The molecule has 0 amide bonds. The van der Waals surface area contributed by atoms with Gasteiger partial charge >= 0.3 is 0 Å². The summed E-state index contributed by atoms with van der Waals surface area (Å²) >= 11 is 12.6. The van der Waals surface area contributed by atoms with Gasteiger partial charge in [0.2, 0.25) is 0 Å². The summed E-state index contributed by atoms with van der Waals surface area (Å²) in [5.41, 5.74) is 4.31. The van der Waals surface area contributed by atoms with E-state index in [1.165, 1.54) is 5.69 Å². The van der Waals surface area contributed by atoms with Gasteiger partial charge in [0.25, 0.3) is 0 Å².